The van der Waals surface area contributed by atoms with Gasteiger partial charge in [-0.05, 0) is 6.42 Å². The molecule has 0 aromatic heterocycles. The molecule has 0 saturated carbocycles. The van der Waals surface area contributed by atoms with Crippen molar-refractivity contribution >= 4 is 34.8 Å². The molecule has 0 radical (unpaired) electrons. The molecule has 0 unspecified atom stereocenters. The molecular weight excluding hydrogens is 304 g/mol. The van der Waals surface area contributed by atoms with Crippen LogP contribution in [0, 0.1) is 6.07 Å². The first-order valence-corrected chi connectivity index (χ1v) is 6.83. The van der Waals surface area contributed by atoms with Gasteiger partial charge < -0.3 is 17.0 Å². The number of halogens is 1. The Morgan fingerprint density at radius 3 is 2.41 bits per heavy atom. The Morgan fingerprint density at radius 2 is 1.82 bits per heavy atom. The van der Waals surface area contributed by atoms with Crippen molar-refractivity contribution in [2.24, 2.45) is 0 Å². The second-order valence-corrected chi connectivity index (χ2v) is 5.53. The van der Waals surface area contributed by atoms with Crippen LogP contribution >= 0.6 is 11.8 Å². The molecule has 0 fully saturated rings. The number of unbranched alkanes of at least 4 members (excludes halogenated alkanes) is 3. The minimum atomic E-state index is 0. The molecular formula is C14H21BrMgS. The molecule has 1 atom stereocenters. The van der Waals surface area contributed by atoms with Gasteiger partial charge in [0, 0.05) is 5.25 Å². The van der Waals surface area contributed by atoms with Crippen molar-refractivity contribution in [2.75, 3.05) is 0 Å². The van der Waals surface area contributed by atoms with Crippen LogP contribution in [0.4, 0.5) is 0 Å². The third-order valence-electron chi connectivity index (χ3n) is 2.49. The van der Waals surface area contributed by atoms with E-state index in [4.69, 9.17) is 0 Å². The van der Waals surface area contributed by atoms with Crippen molar-refractivity contribution < 1.29 is 17.0 Å². The average molecular weight is 326 g/mol. The van der Waals surface area contributed by atoms with E-state index in [1.54, 1.807) is 0 Å². The Labute approximate surface area is 137 Å². The maximum Gasteiger partial charge on any atom is 2.00 e. The molecule has 0 aliphatic heterocycles. The molecule has 1 aromatic carbocycles. The number of benzene rings is 1. The van der Waals surface area contributed by atoms with E-state index in [1.165, 1.54) is 37.0 Å². The summed E-state index contributed by atoms with van der Waals surface area (Å²) in [6.07, 6.45) is 6.82. The maximum atomic E-state index is 3.05. The monoisotopic (exact) mass is 324 g/mol. The van der Waals surface area contributed by atoms with Crippen LogP contribution in [-0.4, -0.2) is 28.3 Å². The van der Waals surface area contributed by atoms with Gasteiger partial charge in [0.15, 0.2) is 0 Å². The van der Waals surface area contributed by atoms with Gasteiger partial charge in [0.25, 0.3) is 0 Å². The molecule has 0 spiro atoms. The van der Waals surface area contributed by atoms with Gasteiger partial charge >= 0.3 is 23.1 Å². The molecule has 0 amide bonds. The summed E-state index contributed by atoms with van der Waals surface area (Å²) >= 11 is 1.98. The van der Waals surface area contributed by atoms with Gasteiger partial charge in [-0.3, -0.25) is 0 Å². The Kier molecular flexibility index (Phi) is 15.7. The number of hydrogen-bond acceptors (Lipinski definition) is 1. The number of rotatable bonds is 7. The third-order valence-corrected chi connectivity index (χ3v) is 3.67. The van der Waals surface area contributed by atoms with Crippen molar-refractivity contribution in [1.82, 2.24) is 0 Å². The second-order valence-electron chi connectivity index (χ2n) is 4.01. The van der Waals surface area contributed by atoms with Gasteiger partial charge in [0.2, 0.25) is 0 Å². The third kappa shape index (κ3) is 10.4. The van der Waals surface area contributed by atoms with Crippen molar-refractivity contribution in [2.45, 2.75) is 56.1 Å². The topological polar surface area (TPSA) is 0 Å². The van der Waals surface area contributed by atoms with Gasteiger partial charge in [-0.15, -0.1) is 16.7 Å². The van der Waals surface area contributed by atoms with E-state index < -0.39 is 0 Å². The predicted octanol–water partition coefficient (Wildman–Crippen LogP) is 1.56. The molecule has 0 bridgehead atoms. The van der Waals surface area contributed by atoms with E-state index in [9.17, 15) is 0 Å². The van der Waals surface area contributed by atoms with Gasteiger partial charge in [0.1, 0.15) is 0 Å². The first-order valence-electron chi connectivity index (χ1n) is 5.95. The summed E-state index contributed by atoms with van der Waals surface area (Å²) < 4.78 is 0. The van der Waals surface area contributed by atoms with Crippen LogP contribution < -0.4 is 17.0 Å². The van der Waals surface area contributed by atoms with Crippen LogP contribution in [0.5, 0.6) is 0 Å². The van der Waals surface area contributed by atoms with E-state index in [0.717, 1.165) is 5.25 Å². The van der Waals surface area contributed by atoms with Gasteiger partial charge in [-0.1, -0.05) is 39.5 Å². The maximum absolute atomic E-state index is 3.05. The van der Waals surface area contributed by atoms with E-state index in [2.05, 4.69) is 32.0 Å². The summed E-state index contributed by atoms with van der Waals surface area (Å²) in [5, 5.41) is 0.740. The quantitative estimate of drug-likeness (QED) is 0.317. The summed E-state index contributed by atoms with van der Waals surface area (Å²) in [4.78, 5) is 1.37. The molecule has 92 valence electrons. The fraction of sp³-hybridized carbons (Fsp3) is 0.571. The second kappa shape index (κ2) is 13.3. The summed E-state index contributed by atoms with van der Waals surface area (Å²) in [7, 11) is 0. The number of thioether (sulfide) groups is 1. The Bertz CT molecular complexity index is 254. The van der Waals surface area contributed by atoms with E-state index in [0.29, 0.717) is 0 Å². The zero-order valence-electron chi connectivity index (χ0n) is 10.9. The van der Waals surface area contributed by atoms with Crippen molar-refractivity contribution in [1.29, 1.82) is 0 Å². The van der Waals surface area contributed by atoms with E-state index in [-0.39, 0.29) is 40.0 Å². The first kappa shape index (κ1) is 20.1. The van der Waals surface area contributed by atoms with Crippen molar-refractivity contribution in [3.8, 4) is 0 Å². The van der Waals surface area contributed by atoms with E-state index in [1.807, 2.05) is 23.9 Å². The van der Waals surface area contributed by atoms with Crippen molar-refractivity contribution in [3.05, 3.63) is 30.3 Å². The fourth-order valence-electron chi connectivity index (χ4n) is 1.60. The molecule has 0 aliphatic carbocycles. The summed E-state index contributed by atoms with van der Waals surface area (Å²) in [5.41, 5.74) is 0. The zero-order chi connectivity index (χ0) is 10.9. The molecule has 0 aliphatic rings. The molecule has 17 heavy (non-hydrogen) atoms. The summed E-state index contributed by atoms with van der Waals surface area (Å²) in [5.74, 6) is 0. The van der Waals surface area contributed by atoms with Gasteiger partial charge in [0.05, 0.1) is 0 Å². The van der Waals surface area contributed by atoms with E-state index >= 15 is 0 Å². The smallest absolute Gasteiger partial charge is 1.00 e. The Hall–Kier alpha value is 0.816. The predicted molar refractivity (Wildman–Crippen MR) is 75.1 cm³/mol. The minimum absolute atomic E-state index is 0. The summed E-state index contributed by atoms with van der Waals surface area (Å²) in [6, 6.07) is 11.3. The largest absolute Gasteiger partial charge is 2.00 e. The molecule has 0 nitrogen and oxygen atoms in total. The molecule has 0 heterocycles. The Balaban J connectivity index is 0. The number of hydrogen-bond donors (Lipinski definition) is 0. The first-order chi connectivity index (χ1) is 7.33. The minimum Gasteiger partial charge on any atom is -1.00 e. The molecule has 0 saturated heterocycles. The molecule has 1 aromatic rings. The average Bonchev–Trinajstić information content (AvgIpc) is 2.26. The van der Waals surface area contributed by atoms with Crippen LogP contribution in [0.1, 0.15) is 46.0 Å². The molecule has 1 rings (SSSR count). The Morgan fingerprint density at radius 1 is 1.18 bits per heavy atom. The fourth-order valence-corrected chi connectivity index (χ4v) is 2.64. The summed E-state index contributed by atoms with van der Waals surface area (Å²) in [6.45, 7) is 4.59. The normalized spacial score (nSPS) is 11.2. The van der Waals surface area contributed by atoms with Crippen molar-refractivity contribution in [3.63, 3.8) is 0 Å². The molecule has 3 heteroatoms. The van der Waals surface area contributed by atoms with Crippen LogP contribution in [0.25, 0.3) is 0 Å². The van der Waals surface area contributed by atoms with Gasteiger partial charge in [-0.2, -0.15) is 30.3 Å². The van der Waals surface area contributed by atoms with Crippen LogP contribution in [0.2, 0.25) is 0 Å². The SMILES string of the molecule is CCCCCC[C@H](C)Sc1cc[c-]cc1.[Br-].[Mg+2]. The standard InChI is InChI=1S/C14H21S.BrH.Mg/c1-3-4-5-7-10-13(2)15-14-11-8-6-9-12-14;;/h8-9,11-13H,3-5,7,10H2,1-2H3;1H;/q-1;;+2/p-1/t13-;;/m0../s1. The molecule has 0 N–H and O–H groups in total. The van der Waals surface area contributed by atoms with Crippen LogP contribution in [-0.2, 0) is 0 Å². The zero-order valence-corrected chi connectivity index (χ0v) is 14.7. The van der Waals surface area contributed by atoms with Crippen LogP contribution in [0.15, 0.2) is 29.2 Å². The van der Waals surface area contributed by atoms with Gasteiger partial charge in [-0.25, -0.2) is 0 Å². The van der Waals surface area contributed by atoms with Crippen LogP contribution in [0.3, 0.4) is 0 Å².